The van der Waals surface area contributed by atoms with Crippen LogP contribution in [0, 0.1) is 0 Å². The number of para-hydroxylation sites is 1. The van der Waals surface area contributed by atoms with Crippen molar-refractivity contribution in [3.63, 3.8) is 0 Å². The monoisotopic (exact) mass is 221 g/mol. The van der Waals surface area contributed by atoms with E-state index in [1.807, 2.05) is 0 Å². The number of fused-ring (bicyclic) bond motifs is 1. The molecule has 1 atom stereocenters. The predicted octanol–water partition coefficient (Wildman–Crippen LogP) is 2.05. The molecule has 0 radical (unpaired) electrons. The van der Waals surface area contributed by atoms with Gasteiger partial charge in [0.2, 0.25) is 0 Å². The number of benzene rings is 1. The second kappa shape index (κ2) is 5.32. The molecule has 2 rings (SSSR count). The van der Waals surface area contributed by atoms with Gasteiger partial charge in [-0.3, -0.25) is 0 Å². The summed E-state index contributed by atoms with van der Waals surface area (Å²) in [6, 6.07) is 6.26. The van der Waals surface area contributed by atoms with E-state index in [4.69, 9.17) is 15.2 Å². The van der Waals surface area contributed by atoms with Crippen LogP contribution in [-0.4, -0.2) is 20.3 Å². The first-order chi connectivity index (χ1) is 7.83. The van der Waals surface area contributed by atoms with Crippen molar-refractivity contribution in [2.75, 3.05) is 20.3 Å². The van der Waals surface area contributed by atoms with E-state index in [0.29, 0.717) is 6.61 Å². The minimum Gasteiger partial charge on any atom is -0.493 e. The lowest BCUT2D eigenvalue weighted by molar-refractivity contribution is 0.187. The summed E-state index contributed by atoms with van der Waals surface area (Å²) in [7, 11) is 1.70. The zero-order valence-electron chi connectivity index (χ0n) is 9.74. The highest BCUT2D eigenvalue weighted by molar-refractivity contribution is 5.44. The van der Waals surface area contributed by atoms with Crippen molar-refractivity contribution in [3.8, 4) is 5.75 Å². The van der Waals surface area contributed by atoms with Gasteiger partial charge in [0, 0.05) is 25.3 Å². The maximum atomic E-state index is 6.15. The van der Waals surface area contributed by atoms with Crippen molar-refractivity contribution >= 4 is 0 Å². The molecule has 0 aromatic heterocycles. The number of methoxy groups -OCH3 is 1. The Kier molecular flexibility index (Phi) is 3.80. The molecule has 1 aliphatic heterocycles. The van der Waals surface area contributed by atoms with Crippen LogP contribution >= 0.6 is 0 Å². The molecule has 0 aliphatic carbocycles. The van der Waals surface area contributed by atoms with E-state index in [0.717, 1.165) is 37.2 Å². The fraction of sp³-hybridized carbons (Fsp3) is 0.538. The van der Waals surface area contributed by atoms with Crippen LogP contribution in [0.3, 0.4) is 0 Å². The number of ether oxygens (including phenoxy) is 2. The van der Waals surface area contributed by atoms with Crippen molar-refractivity contribution in [1.82, 2.24) is 0 Å². The molecule has 1 aromatic rings. The van der Waals surface area contributed by atoms with Crippen molar-refractivity contribution < 1.29 is 9.47 Å². The average molecular weight is 221 g/mol. The molecule has 1 unspecified atom stereocenters. The Labute approximate surface area is 96.5 Å². The summed E-state index contributed by atoms with van der Waals surface area (Å²) in [5.74, 6) is 1.01. The highest BCUT2D eigenvalue weighted by atomic mass is 16.5. The molecule has 3 heteroatoms. The summed E-state index contributed by atoms with van der Waals surface area (Å²) in [6.07, 6.45) is 3.03. The summed E-state index contributed by atoms with van der Waals surface area (Å²) < 4.78 is 10.8. The van der Waals surface area contributed by atoms with Gasteiger partial charge in [0.05, 0.1) is 6.61 Å². The van der Waals surface area contributed by atoms with Crippen LogP contribution in [0.4, 0.5) is 0 Å². The maximum Gasteiger partial charge on any atom is 0.127 e. The molecule has 1 heterocycles. The van der Waals surface area contributed by atoms with Crippen LogP contribution in [0.15, 0.2) is 18.2 Å². The Morgan fingerprint density at radius 3 is 3.19 bits per heavy atom. The fourth-order valence-corrected chi connectivity index (χ4v) is 2.11. The molecule has 0 saturated heterocycles. The van der Waals surface area contributed by atoms with Gasteiger partial charge in [-0.25, -0.2) is 0 Å². The van der Waals surface area contributed by atoms with Crippen LogP contribution in [0.2, 0.25) is 0 Å². The lowest BCUT2D eigenvalue weighted by atomic mass is 9.97. The standard InChI is InChI=1S/C13H19NO2/c1-15-9-7-12(14)11-6-2-4-10-5-3-8-16-13(10)11/h2,4,6,12H,3,5,7-9,14H2,1H3. The van der Waals surface area contributed by atoms with Crippen LogP contribution in [0.1, 0.15) is 30.0 Å². The van der Waals surface area contributed by atoms with Crippen molar-refractivity contribution in [2.24, 2.45) is 5.73 Å². The normalized spacial score (nSPS) is 16.4. The molecule has 1 aliphatic rings. The van der Waals surface area contributed by atoms with Gasteiger partial charge in [-0.05, 0) is 24.8 Å². The van der Waals surface area contributed by atoms with Gasteiger partial charge in [0.15, 0.2) is 0 Å². The third-order valence-corrected chi connectivity index (χ3v) is 3.00. The smallest absolute Gasteiger partial charge is 0.127 e. The van der Waals surface area contributed by atoms with Crippen molar-refractivity contribution in [2.45, 2.75) is 25.3 Å². The number of aryl methyl sites for hydroxylation is 1. The van der Waals surface area contributed by atoms with E-state index in [9.17, 15) is 0 Å². The van der Waals surface area contributed by atoms with E-state index >= 15 is 0 Å². The Hall–Kier alpha value is -1.06. The zero-order chi connectivity index (χ0) is 11.4. The Balaban J connectivity index is 2.19. The lowest BCUT2D eigenvalue weighted by Crippen LogP contribution is -2.17. The van der Waals surface area contributed by atoms with Gasteiger partial charge >= 0.3 is 0 Å². The largest absolute Gasteiger partial charge is 0.493 e. The molecule has 2 N–H and O–H groups in total. The summed E-state index contributed by atoms with van der Waals surface area (Å²) in [6.45, 7) is 1.49. The van der Waals surface area contributed by atoms with Crippen molar-refractivity contribution in [1.29, 1.82) is 0 Å². The molecule has 0 fully saturated rings. The second-order valence-electron chi connectivity index (χ2n) is 4.18. The highest BCUT2D eigenvalue weighted by Gasteiger charge is 2.18. The van der Waals surface area contributed by atoms with Gasteiger partial charge in [-0.1, -0.05) is 18.2 Å². The summed E-state index contributed by atoms with van der Waals surface area (Å²) in [4.78, 5) is 0. The quantitative estimate of drug-likeness (QED) is 0.846. The average Bonchev–Trinajstić information content (AvgIpc) is 2.35. The molecule has 3 nitrogen and oxygen atoms in total. The van der Waals surface area contributed by atoms with Gasteiger partial charge in [0.1, 0.15) is 5.75 Å². The topological polar surface area (TPSA) is 44.5 Å². The summed E-state index contributed by atoms with van der Waals surface area (Å²) in [5, 5.41) is 0. The van der Waals surface area contributed by atoms with E-state index in [1.165, 1.54) is 5.56 Å². The SMILES string of the molecule is COCCC(N)c1cccc2c1OCCC2. The zero-order valence-corrected chi connectivity index (χ0v) is 9.74. The van der Waals surface area contributed by atoms with Gasteiger partial charge in [-0.15, -0.1) is 0 Å². The van der Waals surface area contributed by atoms with Gasteiger partial charge in [0.25, 0.3) is 0 Å². The molecule has 0 saturated carbocycles. The maximum absolute atomic E-state index is 6.15. The third-order valence-electron chi connectivity index (χ3n) is 3.00. The van der Waals surface area contributed by atoms with Crippen LogP contribution in [-0.2, 0) is 11.2 Å². The van der Waals surface area contributed by atoms with E-state index in [-0.39, 0.29) is 6.04 Å². The molecule has 0 amide bonds. The van der Waals surface area contributed by atoms with Crippen LogP contribution < -0.4 is 10.5 Å². The minimum absolute atomic E-state index is 0.00741. The molecule has 0 bridgehead atoms. The number of hydrogen-bond donors (Lipinski definition) is 1. The molecule has 1 aromatic carbocycles. The van der Waals surface area contributed by atoms with E-state index < -0.39 is 0 Å². The predicted molar refractivity (Wildman–Crippen MR) is 63.7 cm³/mol. The fourth-order valence-electron chi connectivity index (χ4n) is 2.11. The Morgan fingerprint density at radius 2 is 2.38 bits per heavy atom. The molecule has 16 heavy (non-hydrogen) atoms. The Bertz CT molecular complexity index is 352. The van der Waals surface area contributed by atoms with Crippen LogP contribution in [0.5, 0.6) is 5.75 Å². The van der Waals surface area contributed by atoms with E-state index in [2.05, 4.69) is 18.2 Å². The molecule has 0 spiro atoms. The first kappa shape index (κ1) is 11.4. The summed E-state index contributed by atoms with van der Waals surface area (Å²) in [5.41, 5.74) is 8.55. The van der Waals surface area contributed by atoms with Crippen molar-refractivity contribution in [3.05, 3.63) is 29.3 Å². The minimum atomic E-state index is 0.00741. The first-order valence-corrected chi connectivity index (χ1v) is 5.82. The number of nitrogens with two attached hydrogens (primary N) is 1. The molecular weight excluding hydrogens is 202 g/mol. The Morgan fingerprint density at radius 1 is 1.50 bits per heavy atom. The molecular formula is C13H19NO2. The summed E-state index contributed by atoms with van der Waals surface area (Å²) >= 11 is 0. The van der Waals surface area contributed by atoms with Crippen LogP contribution in [0.25, 0.3) is 0 Å². The number of rotatable bonds is 4. The second-order valence-corrected chi connectivity index (χ2v) is 4.18. The van der Waals surface area contributed by atoms with E-state index in [1.54, 1.807) is 7.11 Å². The van der Waals surface area contributed by atoms with Gasteiger partial charge < -0.3 is 15.2 Å². The number of hydrogen-bond acceptors (Lipinski definition) is 3. The first-order valence-electron chi connectivity index (χ1n) is 5.82. The molecule has 88 valence electrons. The lowest BCUT2D eigenvalue weighted by Gasteiger charge is -2.23. The highest BCUT2D eigenvalue weighted by Crippen LogP contribution is 2.32. The third kappa shape index (κ3) is 2.36. The van der Waals surface area contributed by atoms with Gasteiger partial charge in [-0.2, -0.15) is 0 Å².